The molecule has 3 heterocycles. The largest absolute Gasteiger partial charge is 0.406 e. The molecule has 2 aliphatic heterocycles. The molecule has 2 aliphatic rings. The fourth-order valence-corrected chi connectivity index (χ4v) is 4.27. The summed E-state index contributed by atoms with van der Waals surface area (Å²) in [6, 6.07) is 3.01. The molecule has 0 saturated carbocycles. The van der Waals surface area contributed by atoms with E-state index >= 15 is 0 Å². The second kappa shape index (κ2) is 7.53. The molecule has 0 bridgehead atoms. The number of alkyl halides is 3. The van der Waals surface area contributed by atoms with Crippen LogP contribution in [0.5, 0.6) is 0 Å². The molecule has 1 aromatic heterocycles. The molecule has 150 valence electrons. The SMILES string of the molecule is CNC(=O)c1ccc(C2CCCCN2C2CCN(CC(F)(F)F)C2=O)n1C. The summed E-state index contributed by atoms with van der Waals surface area (Å²) in [5.41, 5.74) is 1.44. The Hall–Kier alpha value is -2.03. The van der Waals surface area contributed by atoms with Crippen LogP contribution in [0.15, 0.2) is 12.1 Å². The summed E-state index contributed by atoms with van der Waals surface area (Å²) >= 11 is 0. The average Bonchev–Trinajstić information content (AvgIpc) is 3.16. The fraction of sp³-hybridized carbons (Fsp3) is 0.667. The van der Waals surface area contributed by atoms with Crippen molar-refractivity contribution >= 4 is 11.8 Å². The second-order valence-corrected chi connectivity index (χ2v) is 7.21. The number of hydrogen-bond donors (Lipinski definition) is 1. The summed E-state index contributed by atoms with van der Waals surface area (Å²) in [6.07, 6.45) is -1.28. The predicted molar refractivity (Wildman–Crippen MR) is 93.1 cm³/mol. The molecule has 2 amide bonds. The van der Waals surface area contributed by atoms with Crippen LogP contribution >= 0.6 is 0 Å². The molecule has 2 unspecified atom stereocenters. The zero-order chi connectivity index (χ0) is 19.8. The first-order valence-electron chi connectivity index (χ1n) is 9.22. The van der Waals surface area contributed by atoms with Crippen LogP contribution in [-0.2, 0) is 11.8 Å². The molecule has 2 fully saturated rings. The molecule has 2 saturated heterocycles. The third-order valence-corrected chi connectivity index (χ3v) is 5.55. The molecule has 0 aromatic carbocycles. The Morgan fingerprint density at radius 2 is 1.93 bits per heavy atom. The van der Waals surface area contributed by atoms with Gasteiger partial charge in [0.05, 0.1) is 12.1 Å². The topological polar surface area (TPSA) is 57.6 Å². The Morgan fingerprint density at radius 3 is 2.59 bits per heavy atom. The zero-order valence-corrected chi connectivity index (χ0v) is 15.6. The normalized spacial score (nSPS) is 24.5. The minimum atomic E-state index is -4.38. The van der Waals surface area contributed by atoms with E-state index in [0.29, 0.717) is 18.7 Å². The van der Waals surface area contributed by atoms with Crippen LogP contribution in [0, 0.1) is 0 Å². The van der Waals surface area contributed by atoms with Crippen molar-refractivity contribution in [2.45, 2.75) is 43.9 Å². The lowest BCUT2D eigenvalue weighted by Gasteiger charge is -2.39. The van der Waals surface area contributed by atoms with Crippen molar-refractivity contribution in [1.82, 2.24) is 19.7 Å². The van der Waals surface area contributed by atoms with Crippen molar-refractivity contribution in [3.8, 4) is 0 Å². The summed E-state index contributed by atoms with van der Waals surface area (Å²) in [4.78, 5) is 27.5. The van der Waals surface area contributed by atoms with Gasteiger partial charge in [-0.05, 0) is 37.9 Å². The van der Waals surface area contributed by atoms with Gasteiger partial charge in [-0.25, -0.2) is 0 Å². The summed E-state index contributed by atoms with van der Waals surface area (Å²) in [7, 11) is 3.37. The van der Waals surface area contributed by atoms with Gasteiger partial charge in [-0.3, -0.25) is 14.5 Å². The maximum absolute atomic E-state index is 12.7. The van der Waals surface area contributed by atoms with E-state index in [9.17, 15) is 22.8 Å². The highest BCUT2D eigenvalue weighted by molar-refractivity contribution is 5.92. The van der Waals surface area contributed by atoms with Gasteiger partial charge in [0.1, 0.15) is 12.2 Å². The monoisotopic (exact) mass is 386 g/mol. The Kier molecular flexibility index (Phi) is 5.50. The van der Waals surface area contributed by atoms with Crippen molar-refractivity contribution in [2.24, 2.45) is 7.05 Å². The second-order valence-electron chi connectivity index (χ2n) is 7.21. The third-order valence-electron chi connectivity index (χ3n) is 5.55. The number of nitrogens with one attached hydrogen (secondary N) is 1. The van der Waals surface area contributed by atoms with E-state index in [1.165, 1.54) is 0 Å². The number of aromatic nitrogens is 1. The molecule has 0 spiro atoms. The zero-order valence-electron chi connectivity index (χ0n) is 15.6. The maximum Gasteiger partial charge on any atom is 0.406 e. The number of likely N-dealkylation sites (tertiary alicyclic amines) is 2. The van der Waals surface area contributed by atoms with Gasteiger partial charge in [-0.2, -0.15) is 13.2 Å². The van der Waals surface area contributed by atoms with E-state index in [1.807, 2.05) is 15.5 Å². The van der Waals surface area contributed by atoms with Crippen molar-refractivity contribution in [2.75, 3.05) is 26.7 Å². The van der Waals surface area contributed by atoms with Crippen LogP contribution in [-0.4, -0.2) is 65.1 Å². The number of amides is 2. The molecule has 9 heteroatoms. The average molecular weight is 386 g/mol. The number of carbonyl (C=O) groups excluding carboxylic acids is 2. The number of nitrogens with zero attached hydrogens (tertiary/aromatic N) is 3. The first-order valence-corrected chi connectivity index (χ1v) is 9.22. The van der Waals surface area contributed by atoms with Gasteiger partial charge in [0.15, 0.2) is 0 Å². The number of carbonyl (C=O) groups is 2. The highest BCUT2D eigenvalue weighted by Crippen LogP contribution is 2.36. The highest BCUT2D eigenvalue weighted by atomic mass is 19.4. The molecular formula is C18H25F3N4O2. The van der Waals surface area contributed by atoms with Crippen LogP contribution in [0.3, 0.4) is 0 Å². The van der Waals surface area contributed by atoms with E-state index in [1.54, 1.807) is 20.2 Å². The van der Waals surface area contributed by atoms with E-state index in [4.69, 9.17) is 0 Å². The van der Waals surface area contributed by atoms with Gasteiger partial charge < -0.3 is 14.8 Å². The Balaban J connectivity index is 1.82. The molecule has 0 aliphatic carbocycles. The Bertz CT molecular complexity index is 716. The lowest BCUT2D eigenvalue weighted by Crippen LogP contribution is -2.47. The van der Waals surface area contributed by atoms with Crippen molar-refractivity contribution in [1.29, 1.82) is 0 Å². The fourth-order valence-electron chi connectivity index (χ4n) is 4.27. The third kappa shape index (κ3) is 3.97. The van der Waals surface area contributed by atoms with Gasteiger partial charge in [-0.15, -0.1) is 0 Å². The standard InChI is InChI=1S/C18H25F3N4O2/c1-22-16(26)14-7-6-12(23(14)2)13-5-3-4-9-25(13)15-8-10-24(17(15)27)11-18(19,20)21/h6-7,13,15H,3-5,8-11H2,1-2H3,(H,22,26). The minimum absolute atomic E-state index is 0.0815. The first kappa shape index (κ1) is 19.7. The molecule has 6 nitrogen and oxygen atoms in total. The van der Waals surface area contributed by atoms with Crippen molar-refractivity contribution < 1.29 is 22.8 Å². The number of piperidine rings is 1. The van der Waals surface area contributed by atoms with E-state index in [2.05, 4.69) is 5.32 Å². The van der Waals surface area contributed by atoms with Gasteiger partial charge in [0.2, 0.25) is 5.91 Å². The van der Waals surface area contributed by atoms with E-state index < -0.39 is 24.7 Å². The molecule has 1 N–H and O–H groups in total. The quantitative estimate of drug-likeness (QED) is 0.862. The Morgan fingerprint density at radius 1 is 1.19 bits per heavy atom. The van der Waals surface area contributed by atoms with Crippen LogP contribution in [0.25, 0.3) is 0 Å². The highest BCUT2D eigenvalue weighted by Gasteiger charge is 2.44. The van der Waals surface area contributed by atoms with Crippen LogP contribution in [0.1, 0.15) is 47.9 Å². The lowest BCUT2D eigenvalue weighted by atomic mass is 9.96. The molecule has 3 rings (SSSR count). The van der Waals surface area contributed by atoms with Crippen molar-refractivity contribution in [3.05, 3.63) is 23.5 Å². The molecule has 0 radical (unpaired) electrons. The summed E-state index contributed by atoms with van der Waals surface area (Å²) < 4.78 is 39.9. The van der Waals surface area contributed by atoms with Crippen LogP contribution < -0.4 is 5.32 Å². The van der Waals surface area contributed by atoms with Gasteiger partial charge in [0, 0.05) is 26.3 Å². The van der Waals surface area contributed by atoms with Gasteiger partial charge in [0.25, 0.3) is 5.91 Å². The van der Waals surface area contributed by atoms with E-state index in [-0.39, 0.29) is 18.5 Å². The maximum atomic E-state index is 12.7. The summed E-state index contributed by atoms with van der Waals surface area (Å²) in [5.74, 6) is -0.639. The van der Waals surface area contributed by atoms with E-state index in [0.717, 1.165) is 29.9 Å². The predicted octanol–water partition coefficient (Wildman–Crippen LogP) is 2.07. The number of hydrogen-bond acceptors (Lipinski definition) is 3. The molecule has 27 heavy (non-hydrogen) atoms. The van der Waals surface area contributed by atoms with Crippen LogP contribution in [0.4, 0.5) is 13.2 Å². The smallest absolute Gasteiger partial charge is 0.354 e. The minimum Gasteiger partial charge on any atom is -0.354 e. The van der Waals surface area contributed by atoms with Crippen molar-refractivity contribution in [3.63, 3.8) is 0 Å². The lowest BCUT2D eigenvalue weighted by molar-refractivity contribution is -0.159. The Labute approximate surface area is 156 Å². The molecule has 2 atom stereocenters. The van der Waals surface area contributed by atoms with Gasteiger partial charge in [-0.1, -0.05) is 6.42 Å². The van der Waals surface area contributed by atoms with Crippen LogP contribution in [0.2, 0.25) is 0 Å². The number of rotatable bonds is 4. The molecule has 1 aromatic rings. The first-order chi connectivity index (χ1) is 12.7. The van der Waals surface area contributed by atoms with Gasteiger partial charge >= 0.3 is 6.18 Å². The number of halogens is 3. The molecular weight excluding hydrogens is 361 g/mol. The summed E-state index contributed by atoms with van der Waals surface area (Å²) in [6.45, 7) is -0.393. The summed E-state index contributed by atoms with van der Waals surface area (Å²) in [5, 5.41) is 2.60.